The number of esters is 1. The molecule has 1 aliphatic heterocycles. The van der Waals surface area contributed by atoms with Gasteiger partial charge in [0.15, 0.2) is 6.61 Å². The molecule has 8 nitrogen and oxygen atoms in total. The molecule has 4 saturated carbocycles. The maximum atomic E-state index is 12.4. The summed E-state index contributed by atoms with van der Waals surface area (Å²) in [6.45, 7) is 4.31. The van der Waals surface area contributed by atoms with Crippen molar-refractivity contribution in [3.8, 4) is 0 Å². The van der Waals surface area contributed by atoms with Gasteiger partial charge in [-0.2, -0.15) is 0 Å². The molecule has 0 spiro atoms. The van der Waals surface area contributed by atoms with E-state index in [2.05, 4.69) is 17.6 Å². The molecule has 5 aliphatic rings. The Hall–Kier alpha value is -2.12. The normalized spacial score (nSPS) is 35.4. The van der Waals surface area contributed by atoms with E-state index in [1.807, 2.05) is 0 Å². The lowest BCUT2D eigenvalue weighted by Crippen LogP contribution is -2.56. The zero-order valence-corrected chi connectivity index (χ0v) is 17.5. The number of imide groups is 1. The third-order valence-corrected chi connectivity index (χ3v) is 7.48. The highest BCUT2D eigenvalue weighted by molar-refractivity contribution is 6.08. The van der Waals surface area contributed by atoms with E-state index in [9.17, 15) is 19.2 Å². The number of nitrogens with zero attached hydrogens (tertiary/aromatic N) is 1. The molecule has 2 N–H and O–H groups in total. The molecule has 0 aromatic rings. The summed E-state index contributed by atoms with van der Waals surface area (Å²) in [7, 11) is 0. The van der Waals surface area contributed by atoms with E-state index < -0.39 is 36.6 Å². The minimum absolute atomic E-state index is 0.0499. The van der Waals surface area contributed by atoms with Gasteiger partial charge in [-0.1, -0.05) is 0 Å². The van der Waals surface area contributed by atoms with Crippen LogP contribution < -0.4 is 10.6 Å². The van der Waals surface area contributed by atoms with Gasteiger partial charge < -0.3 is 15.4 Å². The Morgan fingerprint density at radius 3 is 2.17 bits per heavy atom. The maximum Gasteiger partial charge on any atom is 0.326 e. The van der Waals surface area contributed by atoms with E-state index in [0.29, 0.717) is 0 Å². The number of rotatable bonds is 6. The summed E-state index contributed by atoms with van der Waals surface area (Å²) in [6.07, 6.45) is 7.58. The van der Waals surface area contributed by atoms with Crippen molar-refractivity contribution in [2.24, 2.45) is 23.2 Å². The molecule has 1 heterocycles. The van der Waals surface area contributed by atoms with Gasteiger partial charge in [0.25, 0.3) is 11.8 Å². The van der Waals surface area contributed by atoms with Crippen LogP contribution >= 0.6 is 0 Å². The van der Waals surface area contributed by atoms with Crippen LogP contribution in [0.5, 0.6) is 0 Å². The molecule has 8 heteroatoms. The van der Waals surface area contributed by atoms with Crippen LogP contribution in [0.25, 0.3) is 0 Å². The number of carbonyl (C=O) groups is 4. The van der Waals surface area contributed by atoms with Crippen LogP contribution in [0, 0.1) is 23.2 Å². The second-order valence-electron chi connectivity index (χ2n) is 10.2. The fourth-order valence-electron chi connectivity index (χ4n) is 6.43. The molecule has 4 aliphatic carbocycles. The molecule has 0 unspecified atom stereocenters. The van der Waals surface area contributed by atoms with E-state index >= 15 is 0 Å². The number of ether oxygens (including phenoxy) is 1. The lowest BCUT2D eigenvalue weighted by molar-refractivity contribution is -0.151. The van der Waals surface area contributed by atoms with Crippen molar-refractivity contribution >= 4 is 23.8 Å². The van der Waals surface area contributed by atoms with Gasteiger partial charge in [-0.25, -0.2) is 4.79 Å². The molecule has 0 radical (unpaired) electrons. The summed E-state index contributed by atoms with van der Waals surface area (Å²) < 4.78 is 5.03. The fourth-order valence-corrected chi connectivity index (χ4v) is 6.43. The third kappa shape index (κ3) is 3.73. The van der Waals surface area contributed by atoms with Crippen LogP contribution in [0.15, 0.2) is 0 Å². The van der Waals surface area contributed by atoms with Gasteiger partial charge in [0, 0.05) is 6.04 Å². The van der Waals surface area contributed by atoms with Crippen molar-refractivity contribution in [1.82, 2.24) is 15.5 Å². The molecule has 0 aromatic carbocycles. The Labute approximate surface area is 171 Å². The molecule has 160 valence electrons. The SMILES string of the molecule is C[C@@H](NC(=O)COC(=O)CN1C(=O)NC(C)(C)C1=O)C12CC3CC(CC(C3)C1)C2. The predicted molar refractivity (Wildman–Crippen MR) is 103 cm³/mol. The lowest BCUT2D eigenvalue weighted by Gasteiger charge is -2.59. The molecule has 29 heavy (non-hydrogen) atoms. The number of urea groups is 1. The minimum atomic E-state index is -1.04. The average Bonchev–Trinajstić information content (AvgIpc) is 2.80. The third-order valence-electron chi connectivity index (χ3n) is 7.48. The van der Waals surface area contributed by atoms with Crippen LogP contribution in [-0.4, -0.2) is 53.4 Å². The number of nitrogens with one attached hydrogen (secondary N) is 2. The number of hydrogen-bond donors (Lipinski definition) is 2. The van der Waals surface area contributed by atoms with Gasteiger partial charge >= 0.3 is 12.0 Å². The molecule has 5 rings (SSSR count). The lowest BCUT2D eigenvalue weighted by atomic mass is 9.48. The van der Waals surface area contributed by atoms with Gasteiger partial charge in [-0.3, -0.25) is 19.3 Å². The standard InChI is InChI=1S/C21H31N3O5/c1-12(21-7-13-4-14(8-21)6-15(5-13)9-21)22-16(25)11-29-17(26)10-24-18(27)20(2,3)23-19(24)28/h12-15H,4-11H2,1-3H3,(H,22,25)(H,23,28)/t12-,13?,14?,15?,21?/m1/s1. The van der Waals surface area contributed by atoms with E-state index in [-0.39, 0.29) is 17.4 Å². The Bertz CT molecular complexity index is 711. The first-order valence-electron chi connectivity index (χ1n) is 10.7. The maximum absolute atomic E-state index is 12.4. The smallest absolute Gasteiger partial charge is 0.326 e. The van der Waals surface area contributed by atoms with Gasteiger partial charge in [-0.05, 0) is 82.5 Å². The first-order chi connectivity index (χ1) is 13.6. The molecular formula is C21H31N3O5. The quantitative estimate of drug-likeness (QED) is 0.516. The van der Waals surface area contributed by atoms with Gasteiger partial charge in [-0.15, -0.1) is 0 Å². The number of hydrogen-bond acceptors (Lipinski definition) is 5. The summed E-state index contributed by atoms with van der Waals surface area (Å²) >= 11 is 0. The van der Waals surface area contributed by atoms with Gasteiger partial charge in [0.05, 0.1) is 0 Å². The monoisotopic (exact) mass is 405 g/mol. The van der Waals surface area contributed by atoms with Crippen LogP contribution in [-0.2, 0) is 19.1 Å². The summed E-state index contributed by atoms with van der Waals surface area (Å²) in [6, 6.07) is -0.578. The largest absolute Gasteiger partial charge is 0.454 e. The Balaban J connectivity index is 1.26. The highest BCUT2D eigenvalue weighted by Crippen LogP contribution is 2.61. The highest BCUT2D eigenvalue weighted by atomic mass is 16.5. The van der Waals surface area contributed by atoms with Crippen molar-refractivity contribution in [2.75, 3.05) is 13.2 Å². The summed E-state index contributed by atoms with van der Waals surface area (Å²) in [5.74, 6) is 0.799. The van der Waals surface area contributed by atoms with E-state index in [1.165, 1.54) is 38.5 Å². The first-order valence-corrected chi connectivity index (χ1v) is 10.7. The summed E-state index contributed by atoms with van der Waals surface area (Å²) in [5, 5.41) is 5.54. The van der Waals surface area contributed by atoms with E-state index in [4.69, 9.17) is 4.74 Å². The zero-order chi connectivity index (χ0) is 21.0. The van der Waals surface area contributed by atoms with Crippen molar-refractivity contribution in [1.29, 1.82) is 0 Å². The van der Waals surface area contributed by atoms with Crippen LogP contribution in [0.3, 0.4) is 0 Å². The molecule has 4 bridgehead atoms. The predicted octanol–water partition coefficient (Wildman–Crippen LogP) is 1.58. The molecule has 1 atom stereocenters. The molecular weight excluding hydrogens is 374 g/mol. The topological polar surface area (TPSA) is 105 Å². The molecule has 0 aromatic heterocycles. The van der Waals surface area contributed by atoms with E-state index in [0.717, 1.165) is 22.7 Å². The van der Waals surface area contributed by atoms with Gasteiger partial charge in [0.2, 0.25) is 0 Å². The molecule has 5 fully saturated rings. The van der Waals surface area contributed by atoms with Crippen molar-refractivity contribution in [3.63, 3.8) is 0 Å². The van der Waals surface area contributed by atoms with Crippen molar-refractivity contribution in [2.45, 2.75) is 70.9 Å². The minimum Gasteiger partial charge on any atom is -0.454 e. The summed E-state index contributed by atoms with van der Waals surface area (Å²) in [4.78, 5) is 49.2. The first kappa shape index (κ1) is 20.2. The Morgan fingerprint density at radius 1 is 1.14 bits per heavy atom. The van der Waals surface area contributed by atoms with Crippen LogP contribution in [0.4, 0.5) is 4.79 Å². The van der Waals surface area contributed by atoms with E-state index in [1.54, 1.807) is 13.8 Å². The van der Waals surface area contributed by atoms with Crippen LogP contribution in [0.2, 0.25) is 0 Å². The van der Waals surface area contributed by atoms with Crippen LogP contribution in [0.1, 0.15) is 59.3 Å². The number of amides is 4. The van der Waals surface area contributed by atoms with Gasteiger partial charge in [0.1, 0.15) is 12.1 Å². The summed E-state index contributed by atoms with van der Waals surface area (Å²) in [5.41, 5.74) is -0.859. The Kier molecular flexibility index (Phi) is 4.86. The fraction of sp³-hybridized carbons (Fsp3) is 0.810. The second kappa shape index (κ2) is 6.99. The highest BCUT2D eigenvalue weighted by Gasteiger charge is 2.53. The average molecular weight is 405 g/mol. The second-order valence-corrected chi connectivity index (χ2v) is 10.2. The number of carbonyl (C=O) groups excluding carboxylic acids is 4. The molecule has 1 saturated heterocycles. The van der Waals surface area contributed by atoms with Crippen molar-refractivity contribution < 1.29 is 23.9 Å². The molecule has 4 amide bonds. The van der Waals surface area contributed by atoms with Crippen molar-refractivity contribution in [3.05, 3.63) is 0 Å². The zero-order valence-electron chi connectivity index (χ0n) is 17.5. The Morgan fingerprint density at radius 2 is 1.69 bits per heavy atom.